The molecule has 98 heavy (non-hydrogen) atoms. The molecule has 5 rings (SSSR count). The van der Waals surface area contributed by atoms with E-state index in [1.54, 1.807) is 51.3 Å². The summed E-state index contributed by atoms with van der Waals surface area (Å²) in [5.74, 6) is 2.54. The standard InChI is InChI=1S/C14H27NO2.C12H23NO3.C12H21NO3.C10H18O5.C8H17NO.C8H16O.C2HF3O.CH5P.4CH4.CH3.BrH.Mg/c1-11(2)12-8-6-7-9-15(10-12)13(16)17-14(3,4)5;2*1-12(2,3)16-11(15)13-7-5-4-6-10(8-13)9-14;1-9(2,3)14-7(11)13-8(12)15-10(4,5)6;1-7(10)8-4-2-3-5-9-6-8;9-7-8-5-3-1-2-4-6-8;3-2(4,5)1-6;1-2;;;;;;;/h11-12H,6-10H2,1-5H3;10,14H,4-9H2,1-3H3;9-10H,4-8H2,1-3H3;1-6H3;7-10H,2-6H2,1H3;8-9H,1-7H2;1H;2H2,1H3;4*1H4;1H3;1H;/q;;;;;;;;;;;;-1;;+2/p-1/i;;;;;;;1D;;;;;;;. The molecule has 4 aliphatic heterocycles. The van der Waals surface area contributed by atoms with Gasteiger partial charge in [0.1, 0.15) is 34.3 Å². The fraction of sp³-hybridized carbons (Fsp3) is 0.889. The minimum atomic E-state index is -4.64. The second-order valence-corrected chi connectivity index (χ2v) is 29.1. The summed E-state index contributed by atoms with van der Waals surface area (Å²) in [7, 11) is 2.25. The van der Waals surface area contributed by atoms with Gasteiger partial charge in [-0.15, -0.1) is 9.24 Å². The Morgan fingerprint density at radius 3 is 1.18 bits per heavy atom. The molecule has 4 N–H and O–H groups in total. The Morgan fingerprint density at radius 1 is 0.531 bits per heavy atom. The summed E-state index contributed by atoms with van der Waals surface area (Å²) in [6, 6.07) is 0. The van der Waals surface area contributed by atoms with Crippen LogP contribution in [0.25, 0.3) is 0 Å². The summed E-state index contributed by atoms with van der Waals surface area (Å²) in [4.78, 5) is 82.5. The van der Waals surface area contributed by atoms with Gasteiger partial charge in [-0.25, -0.2) is 24.0 Å². The first-order valence-corrected chi connectivity index (χ1v) is 33.8. The number of rotatable bonds is 5. The number of hydrogen-bond donors (Lipinski definition) is 4. The van der Waals surface area contributed by atoms with E-state index in [9.17, 15) is 47.0 Å². The van der Waals surface area contributed by atoms with Crippen molar-refractivity contribution in [2.45, 2.75) is 310 Å². The van der Waals surface area contributed by atoms with Crippen LogP contribution in [0.1, 0.15) is 271 Å². The molecule has 6 unspecified atom stereocenters. The summed E-state index contributed by atoms with van der Waals surface area (Å²) in [6.07, 6.45) is 13.4. The summed E-state index contributed by atoms with van der Waals surface area (Å²) in [5, 5.41) is 30.6. The molecule has 586 valence electrons. The molecular weight excluding hydrogens is 1370 g/mol. The molecule has 1 aliphatic carbocycles. The van der Waals surface area contributed by atoms with Crippen LogP contribution in [0.2, 0.25) is 0 Å². The molecule has 4 saturated heterocycles. The van der Waals surface area contributed by atoms with Gasteiger partial charge in [0.15, 0.2) is 0 Å². The Hall–Kier alpha value is -2.80. The molecule has 0 aromatic heterocycles. The van der Waals surface area contributed by atoms with Crippen molar-refractivity contribution >= 4 is 75.5 Å². The Labute approximate surface area is 626 Å². The normalized spacial score (nSPS) is 19.3. The number of aliphatic hydroxyl groups is 3. The minimum absolute atomic E-state index is 0. The van der Waals surface area contributed by atoms with Gasteiger partial charge in [-0.1, -0.05) is 102 Å². The molecule has 6 atom stereocenters. The van der Waals surface area contributed by atoms with Crippen LogP contribution in [-0.4, -0.2) is 209 Å². The van der Waals surface area contributed by atoms with Gasteiger partial charge in [0.25, 0.3) is 0 Å². The molecule has 5 aliphatic rings. The number of carbonyl (C=O) groups excluding carboxylic acids is 7. The van der Waals surface area contributed by atoms with Crippen molar-refractivity contribution in [2.75, 3.05) is 72.2 Å². The molecule has 0 aromatic carbocycles. The van der Waals surface area contributed by atoms with Crippen molar-refractivity contribution < 1.29 is 109 Å². The van der Waals surface area contributed by atoms with E-state index in [2.05, 4.69) is 33.1 Å². The molecule has 20 nitrogen and oxygen atoms in total. The number of carbonyl (C=O) groups is 7. The number of aliphatic hydroxyl groups excluding tert-OH is 3. The maximum Gasteiger partial charge on any atom is 2.00 e. The number of nitrogens with one attached hydrogen (secondary N) is 1. The van der Waals surface area contributed by atoms with Crippen LogP contribution in [-0.2, 0) is 38.0 Å². The third kappa shape index (κ3) is 70.2. The number of hydrogen-bond acceptors (Lipinski definition) is 17. The predicted octanol–water partition coefficient (Wildman–Crippen LogP) is 14.4. The zero-order chi connectivity index (χ0) is 71.5. The molecule has 4 heterocycles. The van der Waals surface area contributed by atoms with Gasteiger partial charge in [-0.05, 0) is 211 Å². The largest absolute Gasteiger partial charge is 2.00 e. The molecule has 26 heteroatoms. The molecule has 5 fully saturated rings. The molecule has 0 radical (unpaired) electrons. The first-order chi connectivity index (χ1) is 42.3. The second kappa shape index (κ2) is 61.7. The average molecular weight is 1520 g/mol. The smallest absolute Gasteiger partial charge is 1.00 e. The van der Waals surface area contributed by atoms with Crippen LogP contribution in [0.15, 0.2) is 0 Å². The molecule has 1 saturated carbocycles. The van der Waals surface area contributed by atoms with Gasteiger partial charge < -0.3 is 93.0 Å². The van der Waals surface area contributed by atoms with E-state index >= 15 is 0 Å². The number of alkyl halides is 3. The van der Waals surface area contributed by atoms with E-state index in [0.717, 1.165) is 84.0 Å². The summed E-state index contributed by atoms with van der Waals surface area (Å²) in [5.41, 5.74) is -2.70. The quantitative estimate of drug-likeness (QED) is 0.0292. The van der Waals surface area contributed by atoms with E-state index < -0.39 is 52.8 Å². The fourth-order valence-electron chi connectivity index (χ4n) is 9.47. The monoisotopic (exact) mass is 1520 g/mol. The summed E-state index contributed by atoms with van der Waals surface area (Å²) >= 11 is 0. The number of likely N-dealkylation sites (tertiary alicyclic amines) is 3. The average Bonchev–Trinajstić information content (AvgIpc) is 1.87. The third-order valence-corrected chi connectivity index (χ3v) is 14.1. The first kappa shape index (κ1) is 114. The second-order valence-electron chi connectivity index (χ2n) is 29.1. The third-order valence-electron chi connectivity index (χ3n) is 14.1. The van der Waals surface area contributed by atoms with Gasteiger partial charge in [0.2, 0.25) is 6.29 Å². The Balaban J connectivity index is -0.000000116. The molecule has 3 amide bonds. The number of amides is 3. The van der Waals surface area contributed by atoms with Crippen molar-refractivity contribution in [2.24, 2.45) is 35.5 Å². The molecule has 0 bridgehead atoms. The zero-order valence-corrected chi connectivity index (χ0v) is 65.6. The van der Waals surface area contributed by atoms with Crippen LogP contribution in [0, 0.1) is 42.9 Å². The van der Waals surface area contributed by atoms with E-state index in [0.29, 0.717) is 56.6 Å². The first-order valence-electron chi connectivity index (χ1n) is 33.7. The van der Waals surface area contributed by atoms with Gasteiger partial charge in [-0.2, -0.15) is 13.2 Å². The molecule has 0 aromatic rings. The SMILES string of the molecule is C.C.C.C.CC(C)(C)OC(=O)N1CCCCC(C=O)C1.CC(C)(C)OC(=O)N1CCCCC(CO)C1.CC(C)(C)OC(=O)OC(=O)OC(C)(C)C.CC(C)C1CCCCN(C(=O)OC(C)(C)C)C1.CC(O)C1CCCCNC1.O=CC(F)(F)F.OCC1CCCCCC1.[2H]CP.[Br-].[CH3-].[Mg+2]. The number of halogens is 4. The predicted molar refractivity (Wildman–Crippen MR) is 394 cm³/mol. The minimum Gasteiger partial charge on any atom is -1.00 e. The van der Waals surface area contributed by atoms with Gasteiger partial charge in [0.05, 0.1) is 6.10 Å². The zero-order valence-electron chi connectivity index (χ0n) is 62.5. The van der Waals surface area contributed by atoms with Crippen molar-refractivity contribution in [3.8, 4) is 0 Å². The Kier molecular flexibility index (Phi) is 71.5. The molecular formula is C72H147BrF3MgN4O16P. The van der Waals surface area contributed by atoms with Crippen LogP contribution < -0.4 is 22.3 Å². The summed E-state index contributed by atoms with van der Waals surface area (Å²) < 4.78 is 67.3. The Morgan fingerprint density at radius 2 is 0.847 bits per heavy atom. The summed E-state index contributed by atoms with van der Waals surface area (Å²) in [6.45, 7) is 40.6. The van der Waals surface area contributed by atoms with Crippen LogP contribution in [0.3, 0.4) is 0 Å². The number of aldehydes is 2. The van der Waals surface area contributed by atoms with Crippen LogP contribution >= 0.6 is 9.24 Å². The van der Waals surface area contributed by atoms with Crippen molar-refractivity contribution in [3.05, 3.63) is 7.43 Å². The number of nitrogens with zero attached hydrogens (tertiary/aromatic N) is 3. The van der Waals surface area contributed by atoms with E-state index in [-0.39, 0.29) is 120 Å². The van der Waals surface area contributed by atoms with Gasteiger partial charge in [0, 0.05) is 66.3 Å². The van der Waals surface area contributed by atoms with Crippen LogP contribution in [0.5, 0.6) is 0 Å². The van der Waals surface area contributed by atoms with Gasteiger partial charge >= 0.3 is 59.8 Å². The maximum atomic E-state index is 12.0. The van der Waals surface area contributed by atoms with E-state index in [1.807, 2.05) is 74.1 Å². The molecule has 0 spiro atoms. The topological polar surface area (TPSA) is 257 Å². The van der Waals surface area contributed by atoms with E-state index in [4.69, 9.17) is 40.1 Å². The maximum absolute atomic E-state index is 12.0. The van der Waals surface area contributed by atoms with Crippen molar-refractivity contribution in [3.63, 3.8) is 0 Å². The Bertz CT molecular complexity index is 1970. The van der Waals surface area contributed by atoms with Crippen molar-refractivity contribution in [1.29, 1.82) is 0 Å². The van der Waals surface area contributed by atoms with Gasteiger partial charge in [-0.3, -0.25) is 4.79 Å². The van der Waals surface area contributed by atoms with Crippen molar-refractivity contribution in [1.82, 2.24) is 20.0 Å². The fourth-order valence-corrected chi connectivity index (χ4v) is 9.47. The van der Waals surface area contributed by atoms with E-state index in [1.165, 1.54) is 70.6 Å². The number of ether oxygens (including phenoxy) is 6. The van der Waals surface area contributed by atoms with Crippen LogP contribution in [0.4, 0.5) is 37.1 Å².